The van der Waals surface area contributed by atoms with Gasteiger partial charge in [0.1, 0.15) is 4.92 Å². The number of piperidine rings is 1. The molecule has 0 aliphatic carbocycles. The molecule has 1 aromatic heterocycles. The zero-order chi connectivity index (χ0) is 11.5. The van der Waals surface area contributed by atoms with Crippen LogP contribution in [0.3, 0.4) is 0 Å². The van der Waals surface area contributed by atoms with Crippen LogP contribution in [-0.4, -0.2) is 28.8 Å². The van der Waals surface area contributed by atoms with Crippen LogP contribution in [0.25, 0.3) is 0 Å². The number of amides is 1. The number of carbonyl (C=O) groups is 1. The second-order valence-electron chi connectivity index (χ2n) is 3.75. The zero-order valence-electron chi connectivity index (χ0n) is 8.72. The van der Waals surface area contributed by atoms with E-state index < -0.39 is 4.92 Å². The van der Waals surface area contributed by atoms with Crippen LogP contribution in [0.4, 0.5) is 5.88 Å². The van der Waals surface area contributed by atoms with Gasteiger partial charge in [0.2, 0.25) is 0 Å². The van der Waals surface area contributed by atoms with Gasteiger partial charge in [-0.15, -0.1) is 0 Å². The van der Waals surface area contributed by atoms with E-state index in [2.05, 4.69) is 0 Å². The smallest absolute Gasteiger partial charge is 0.395 e. The highest BCUT2D eigenvalue weighted by atomic mass is 16.6. The molecule has 1 aliphatic heterocycles. The summed E-state index contributed by atoms with van der Waals surface area (Å²) in [6.07, 6.45) is 3.09. The van der Waals surface area contributed by atoms with Crippen molar-refractivity contribution in [1.82, 2.24) is 4.90 Å². The fourth-order valence-electron chi connectivity index (χ4n) is 1.79. The number of rotatable bonds is 2. The fraction of sp³-hybridized carbons (Fsp3) is 0.500. The van der Waals surface area contributed by atoms with Crippen LogP contribution in [0.5, 0.6) is 0 Å². The maximum atomic E-state index is 11.8. The predicted molar refractivity (Wildman–Crippen MR) is 55.1 cm³/mol. The van der Waals surface area contributed by atoms with E-state index in [-0.39, 0.29) is 17.6 Å². The lowest BCUT2D eigenvalue weighted by molar-refractivity contribution is -0.402. The lowest BCUT2D eigenvalue weighted by Gasteiger charge is -2.25. The van der Waals surface area contributed by atoms with E-state index >= 15 is 0 Å². The highest BCUT2D eigenvalue weighted by Crippen LogP contribution is 2.19. The van der Waals surface area contributed by atoms with Crippen molar-refractivity contribution in [2.45, 2.75) is 19.3 Å². The Kier molecular flexibility index (Phi) is 2.89. The van der Waals surface area contributed by atoms with E-state index in [9.17, 15) is 14.9 Å². The summed E-state index contributed by atoms with van der Waals surface area (Å²) in [7, 11) is 0. The summed E-state index contributed by atoms with van der Waals surface area (Å²) in [6, 6.07) is 2.56. The Hall–Kier alpha value is -1.85. The number of hydrogen-bond acceptors (Lipinski definition) is 4. The molecule has 0 N–H and O–H groups in total. The predicted octanol–water partition coefficient (Wildman–Crippen LogP) is 1.81. The van der Waals surface area contributed by atoms with Crippen LogP contribution in [0.15, 0.2) is 16.5 Å². The van der Waals surface area contributed by atoms with Gasteiger partial charge in [-0.1, -0.05) is 0 Å². The molecule has 6 nitrogen and oxygen atoms in total. The third-order valence-electron chi connectivity index (χ3n) is 2.63. The normalized spacial score (nSPS) is 16.1. The maximum Gasteiger partial charge on any atom is 0.433 e. The topological polar surface area (TPSA) is 76.6 Å². The van der Waals surface area contributed by atoms with Crippen molar-refractivity contribution in [2.24, 2.45) is 0 Å². The number of hydrogen-bond donors (Lipinski definition) is 0. The van der Waals surface area contributed by atoms with E-state index in [0.717, 1.165) is 19.3 Å². The number of likely N-dealkylation sites (tertiary alicyclic amines) is 1. The molecule has 1 fully saturated rings. The summed E-state index contributed by atoms with van der Waals surface area (Å²) >= 11 is 0. The number of nitrogens with zero attached hydrogens (tertiary/aromatic N) is 2. The molecular formula is C10H12N2O4. The van der Waals surface area contributed by atoms with Crippen molar-refractivity contribution in [1.29, 1.82) is 0 Å². The molecule has 1 aromatic rings. The second kappa shape index (κ2) is 4.34. The van der Waals surface area contributed by atoms with Crippen molar-refractivity contribution < 1.29 is 14.1 Å². The Morgan fingerprint density at radius 1 is 1.31 bits per heavy atom. The molecule has 2 rings (SSSR count). The third-order valence-corrected chi connectivity index (χ3v) is 2.63. The highest BCUT2D eigenvalue weighted by Gasteiger charge is 2.23. The van der Waals surface area contributed by atoms with Crippen LogP contribution in [0, 0.1) is 10.1 Å². The molecule has 0 radical (unpaired) electrons. The molecule has 1 saturated heterocycles. The van der Waals surface area contributed by atoms with Crippen molar-refractivity contribution >= 4 is 11.8 Å². The lowest BCUT2D eigenvalue weighted by Crippen LogP contribution is -2.35. The molecule has 1 aliphatic rings. The van der Waals surface area contributed by atoms with Gasteiger partial charge >= 0.3 is 5.88 Å². The average molecular weight is 224 g/mol. The summed E-state index contributed by atoms with van der Waals surface area (Å²) in [6.45, 7) is 1.40. The minimum Gasteiger partial charge on any atom is -0.395 e. The summed E-state index contributed by atoms with van der Waals surface area (Å²) in [4.78, 5) is 23.3. The van der Waals surface area contributed by atoms with Crippen LogP contribution in [0.1, 0.15) is 29.8 Å². The largest absolute Gasteiger partial charge is 0.433 e. The maximum absolute atomic E-state index is 11.8. The molecule has 0 aromatic carbocycles. The molecule has 1 amide bonds. The van der Waals surface area contributed by atoms with Gasteiger partial charge in [-0.3, -0.25) is 14.9 Å². The minimum atomic E-state index is -0.646. The first-order chi connectivity index (χ1) is 7.68. The first-order valence-electron chi connectivity index (χ1n) is 5.22. The van der Waals surface area contributed by atoms with Crippen molar-refractivity contribution in [3.05, 3.63) is 28.0 Å². The average Bonchev–Trinajstić information content (AvgIpc) is 2.78. The molecule has 6 heteroatoms. The van der Waals surface area contributed by atoms with E-state index in [0.29, 0.717) is 13.1 Å². The summed E-state index contributed by atoms with van der Waals surface area (Å²) in [5.74, 6) is -0.596. The van der Waals surface area contributed by atoms with E-state index in [4.69, 9.17) is 4.42 Å². The summed E-state index contributed by atoms with van der Waals surface area (Å²) in [5.41, 5.74) is 0. The van der Waals surface area contributed by atoms with Gasteiger partial charge in [-0.25, -0.2) is 0 Å². The first kappa shape index (κ1) is 10.7. The monoisotopic (exact) mass is 224 g/mol. The molecule has 0 bridgehead atoms. The molecular weight excluding hydrogens is 212 g/mol. The zero-order valence-corrected chi connectivity index (χ0v) is 8.72. The van der Waals surface area contributed by atoms with E-state index in [1.807, 2.05) is 0 Å². The number of furan rings is 1. The fourth-order valence-corrected chi connectivity index (χ4v) is 1.79. The van der Waals surface area contributed by atoms with Crippen molar-refractivity contribution in [3.8, 4) is 0 Å². The molecule has 16 heavy (non-hydrogen) atoms. The van der Waals surface area contributed by atoms with Crippen LogP contribution in [0.2, 0.25) is 0 Å². The standard InChI is InChI=1S/C10H12N2O4/c13-10(11-6-2-1-3-7-11)8-4-5-9(16-8)12(14)15/h4-5H,1-3,6-7H2. The van der Waals surface area contributed by atoms with Crippen LogP contribution in [-0.2, 0) is 0 Å². The molecule has 2 heterocycles. The Bertz CT molecular complexity index is 407. The van der Waals surface area contributed by atoms with Gasteiger partial charge in [0.25, 0.3) is 5.91 Å². The molecule has 0 saturated carbocycles. The Balaban J connectivity index is 2.10. The SMILES string of the molecule is O=C(c1ccc([N+](=O)[O-])o1)N1CCCCC1. The lowest BCUT2D eigenvalue weighted by atomic mass is 10.1. The van der Waals surface area contributed by atoms with Crippen molar-refractivity contribution in [2.75, 3.05) is 13.1 Å². The van der Waals surface area contributed by atoms with Crippen LogP contribution >= 0.6 is 0 Å². The van der Waals surface area contributed by atoms with Gasteiger partial charge in [0, 0.05) is 13.1 Å². The highest BCUT2D eigenvalue weighted by molar-refractivity contribution is 5.91. The molecule has 0 unspecified atom stereocenters. The van der Waals surface area contributed by atoms with Gasteiger partial charge in [0.05, 0.1) is 6.07 Å². The molecule has 86 valence electrons. The number of nitro groups is 1. The summed E-state index contributed by atoms with van der Waals surface area (Å²) < 4.78 is 4.87. The van der Waals surface area contributed by atoms with Crippen LogP contribution < -0.4 is 0 Å². The minimum absolute atomic E-state index is 0.0496. The Morgan fingerprint density at radius 3 is 2.56 bits per heavy atom. The van der Waals surface area contributed by atoms with Gasteiger partial charge in [-0.05, 0) is 25.3 Å². The second-order valence-corrected chi connectivity index (χ2v) is 3.75. The summed E-state index contributed by atoms with van der Waals surface area (Å²) in [5, 5.41) is 10.4. The van der Waals surface area contributed by atoms with E-state index in [1.54, 1.807) is 4.90 Å². The van der Waals surface area contributed by atoms with Gasteiger partial charge < -0.3 is 9.32 Å². The Labute approximate surface area is 92.0 Å². The van der Waals surface area contributed by atoms with E-state index in [1.165, 1.54) is 12.1 Å². The molecule has 0 spiro atoms. The quantitative estimate of drug-likeness (QED) is 0.567. The van der Waals surface area contributed by atoms with Crippen molar-refractivity contribution in [3.63, 3.8) is 0 Å². The number of carbonyl (C=O) groups excluding carboxylic acids is 1. The van der Waals surface area contributed by atoms with Gasteiger partial charge in [-0.2, -0.15) is 0 Å². The first-order valence-corrected chi connectivity index (χ1v) is 5.22. The third kappa shape index (κ3) is 2.05. The molecule has 0 atom stereocenters. The Morgan fingerprint density at radius 2 is 2.00 bits per heavy atom. The van der Waals surface area contributed by atoms with Gasteiger partial charge in [0.15, 0.2) is 5.76 Å².